The minimum atomic E-state index is -0.774. The zero-order chi connectivity index (χ0) is 33.4. The molecule has 10 saturated heterocycles. The fraction of sp³-hybridized carbons (Fsp3) is 0.868. The van der Waals surface area contributed by atoms with Crippen molar-refractivity contribution in [2.24, 2.45) is 5.92 Å². The second-order valence-corrected chi connectivity index (χ2v) is 16.3. The van der Waals surface area contributed by atoms with Gasteiger partial charge in [0.15, 0.2) is 5.79 Å². The number of alkyl halides is 1. The molecule has 0 aliphatic carbocycles. The summed E-state index contributed by atoms with van der Waals surface area (Å²) >= 11 is 0. The highest BCUT2D eigenvalue weighted by Crippen LogP contribution is 2.54. The predicted octanol–water partition coefficient (Wildman–Crippen LogP) is 4.84. The van der Waals surface area contributed by atoms with Gasteiger partial charge in [-0.1, -0.05) is 13.2 Å². The minimum Gasteiger partial charge on any atom is -0.378 e. The van der Waals surface area contributed by atoms with E-state index in [0.29, 0.717) is 19.3 Å². The molecule has 0 radical (unpaired) electrons. The van der Waals surface area contributed by atoms with Crippen molar-refractivity contribution in [1.82, 2.24) is 0 Å². The summed E-state index contributed by atoms with van der Waals surface area (Å²) in [5.41, 5.74) is 2.19. The summed E-state index contributed by atoms with van der Waals surface area (Å²) in [5.74, 6) is -0.896. The van der Waals surface area contributed by atoms with E-state index in [0.717, 1.165) is 62.5 Å². The molecule has 11 heteroatoms. The van der Waals surface area contributed by atoms with Gasteiger partial charge in [0.2, 0.25) is 0 Å². The highest BCUT2D eigenvalue weighted by Gasteiger charge is 2.68. The Morgan fingerprint density at radius 1 is 0.735 bits per heavy atom. The molecule has 17 atom stereocenters. The fourth-order valence-corrected chi connectivity index (χ4v) is 10.8. The Morgan fingerprint density at radius 2 is 1.51 bits per heavy atom. The molecule has 272 valence electrons. The van der Waals surface area contributed by atoms with E-state index < -0.39 is 18.6 Å². The van der Waals surface area contributed by atoms with E-state index in [-0.39, 0.29) is 116 Å². The number of methoxy groups -OCH3 is 1. The molecule has 0 aromatic carbocycles. The lowest BCUT2D eigenvalue weighted by atomic mass is 9.83. The van der Waals surface area contributed by atoms with Crippen molar-refractivity contribution < 1.29 is 51.8 Å². The van der Waals surface area contributed by atoms with Gasteiger partial charge in [-0.3, -0.25) is 9.18 Å². The van der Waals surface area contributed by atoms with E-state index in [1.54, 1.807) is 7.11 Å². The van der Waals surface area contributed by atoms with Crippen molar-refractivity contribution >= 4 is 5.78 Å². The van der Waals surface area contributed by atoms with Crippen LogP contribution in [0.1, 0.15) is 89.9 Å². The second-order valence-electron chi connectivity index (χ2n) is 16.3. The Morgan fingerprint density at radius 3 is 2.37 bits per heavy atom. The minimum absolute atomic E-state index is 0.00518. The van der Waals surface area contributed by atoms with E-state index in [2.05, 4.69) is 13.2 Å². The molecule has 10 heterocycles. The van der Waals surface area contributed by atoms with Crippen LogP contribution in [-0.4, -0.2) is 117 Å². The first-order valence-corrected chi connectivity index (χ1v) is 19.0. The Hall–Kier alpha value is -1.28. The molecular formula is C38H53FO10. The van der Waals surface area contributed by atoms with Crippen LogP contribution in [0.25, 0.3) is 0 Å². The molecule has 0 aromatic rings. The zero-order valence-electron chi connectivity index (χ0n) is 28.7. The van der Waals surface area contributed by atoms with Crippen LogP contribution in [-0.2, 0) is 47.4 Å². The van der Waals surface area contributed by atoms with Crippen molar-refractivity contribution in [3.8, 4) is 0 Å². The van der Waals surface area contributed by atoms with Crippen LogP contribution in [0.5, 0.6) is 0 Å². The van der Waals surface area contributed by atoms with Gasteiger partial charge in [0.25, 0.3) is 0 Å². The topological polar surface area (TPSA) is 100 Å². The van der Waals surface area contributed by atoms with Gasteiger partial charge < -0.3 is 42.6 Å². The molecule has 0 N–H and O–H groups in total. The molecule has 10 aliphatic rings. The summed E-state index contributed by atoms with van der Waals surface area (Å²) in [4.78, 5) is 13.9. The molecular weight excluding hydrogens is 635 g/mol. The molecule has 0 saturated carbocycles. The third kappa shape index (κ3) is 6.10. The highest BCUT2D eigenvalue weighted by atomic mass is 19.1. The maximum Gasteiger partial charge on any atom is 0.172 e. The number of hydrogen-bond donors (Lipinski definition) is 0. The largest absolute Gasteiger partial charge is 0.378 e. The SMILES string of the molecule is C=C1CC2CC[C@@]34C[C@H]5OC6[C@@H](OC7CCC(CC(=O)CC8[C@@H](OC)C(CCF)O[C@H]8CC8OC(CCC8=C)CCC1O2)O[C@@H]7[C@@H]6O3)C5O4. The lowest BCUT2D eigenvalue weighted by Gasteiger charge is -2.47. The second kappa shape index (κ2) is 13.3. The van der Waals surface area contributed by atoms with Gasteiger partial charge in [0.1, 0.15) is 36.3 Å². The van der Waals surface area contributed by atoms with Crippen LogP contribution in [0.3, 0.4) is 0 Å². The van der Waals surface area contributed by atoms with E-state index in [9.17, 15) is 9.18 Å². The molecule has 10 aliphatic heterocycles. The number of Topliss-reactive ketones (excluding diaryl/α,β-unsaturated/α-hetero) is 1. The monoisotopic (exact) mass is 688 g/mol. The van der Waals surface area contributed by atoms with Crippen LogP contribution >= 0.6 is 0 Å². The number of halogens is 1. The van der Waals surface area contributed by atoms with E-state index in [1.807, 2.05) is 0 Å². The number of hydrogen-bond acceptors (Lipinski definition) is 10. The average molecular weight is 689 g/mol. The van der Waals surface area contributed by atoms with Crippen molar-refractivity contribution in [3.63, 3.8) is 0 Å². The average Bonchev–Trinajstić information content (AvgIpc) is 3.76. The van der Waals surface area contributed by atoms with Crippen LogP contribution < -0.4 is 0 Å². The molecule has 1 spiro atoms. The predicted molar refractivity (Wildman–Crippen MR) is 173 cm³/mol. The smallest absolute Gasteiger partial charge is 0.172 e. The van der Waals surface area contributed by atoms with Crippen LogP contribution in [0.4, 0.5) is 4.39 Å². The number of carbonyl (C=O) groups is 1. The molecule has 0 aromatic heterocycles. The van der Waals surface area contributed by atoms with Gasteiger partial charge in [0, 0.05) is 51.6 Å². The molecule has 10 unspecified atom stereocenters. The first-order chi connectivity index (χ1) is 23.8. The molecule has 10 fully saturated rings. The normalized spacial score (nSPS) is 52.7. The Labute approximate surface area is 288 Å². The summed E-state index contributed by atoms with van der Waals surface area (Å²) in [7, 11) is 1.63. The molecule has 49 heavy (non-hydrogen) atoms. The molecule has 10 nitrogen and oxygen atoms in total. The lowest BCUT2D eigenvalue weighted by Crippen LogP contribution is -2.61. The van der Waals surface area contributed by atoms with Crippen LogP contribution in [0.2, 0.25) is 0 Å². The highest BCUT2D eigenvalue weighted by molar-refractivity contribution is 5.79. The summed E-state index contributed by atoms with van der Waals surface area (Å²) in [6.45, 7) is 8.26. The summed E-state index contributed by atoms with van der Waals surface area (Å²) in [5, 5.41) is 0. The van der Waals surface area contributed by atoms with Crippen LogP contribution in [0, 0.1) is 5.92 Å². The van der Waals surface area contributed by atoms with Gasteiger partial charge in [-0.25, -0.2) is 0 Å². The Balaban J connectivity index is 0.987. The zero-order valence-corrected chi connectivity index (χ0v) is 28.7. The molecule has 0 amide bonds. The third-order valence-electron chi connectivity index (χ3n) is 13.2. The lowest BCUT2D eigenvalue weighted by molar-refractivity contribution is -0.292. The standard InChI is InChI=1S/C38H53FO10/c1-19-4-5-22-6-8-26-20(2)14-24(43-26)10-12-38-18-31-34(48-38)35-36(47-31)37(49-38)33-27(46-35)9-7-23(44-33)15-21(40)16-25-30(17-29(19)42-22)45-28(11-13-39)32(25)41-3/h22-37H,1-2,4-18H2,3H3/t22?,23?,24?,25?,26?,27?,28?,29?,30-,31+,32+,33-,34?,35-,36?,37-,38-/m0/s1. The number of fused-ring (bicyclic) bond motifs is 6. The van der Waals surface area contributed by atoms with Gasteiger partial charge in [-0.05, 0) is 62.5 Å². The van der Waals surface area contributed by atoms with Gasteiger partial charge in [-0.15, -0.1) is 0 Å². The van der Waals surface area contributed by atoms with Crippen LogP contribution in [0.15, 0.2) is 24.3 Å². The van der Waals surface area contributed by atoms with Gasteiger partial charge >= 0.3 is 0 Å². The Kier molecular flexibility index (Phi) is 9.10. The summed E-state index contributed by atoms with van der Waals surface area (Å²) < 4.78 is 73.0. The van der Waals surface area contributed by atoms with Crippen molar-refractivity contribution in [2.45, 2.75) is 187 Å². The van der Waals surface area contributed by atoms with Gasteiger partial charge in [-0.2, -0.15) is 0 Å². The summed E-state index contributed by atoms with van der Waals surface area (Å²) in [6, 6.07) is 0. The fourth-order valence-electron chi connectivity index (χ4n) is 10.8. The molecule has 10 rings (SSSR count). The number of ketones is 1. The number of ether oxygens (including phenoxy) is 9. The number of rotatable bonds is 3. The maximum absolute atomic E-state index is 13.9. The Bertz CT molecular complexity index is 1290. The summed E-state index contributed by atoms with van der Waals surface area (Å²) in [6.07, 6.45) is 6.49. The number of carbonyl (C=O) groups excluding carboxylic acids is 1. The van der Waals surface area contributed by atoms with Crippen molar-refractivity contribution in [2.75, 3.05) is 13.8 Å². The third-order valence-corrected chi connectivity index (χ3v) is 13.2. The van der Waals surface area contributed by atoms with E-state index in [1.165, 1.54) is 0 Å². The van der Waals surface area contributed by atoms with Gasteiger partial charge in [0.05, 0.1) is 67.7 Å². The van der Waals surface area contributed by atoms with E-state index >= 15 is 0 Å². The first kappa shape index (κ1) is 33.5. The van der Waals surface area contributed by atoms with Crippen molar-refractivity contribution in [1.29, 1.82) is 0 Å². The quantitative estimate of drug-likeness (QED) is 0.383. The van der Waals surface area contributed by atoms with E-state index in [4.69, 9.17) is 42.6 Å². The van der Waals surface area contributed by atoms with Crippen molar-refractivity contribution in [3.05, 3.63) is 24.3 Å². The maximum atomic E-state index is 13.9. The molecule has 12 bridgehead atoms. The first-order valence-electron chi connectivity index (χ1n) is 19.0.